The molecule has 0 aliphatic rings. The molecule has 0 saturated heterocycles. The highest BCUT2D eigenvalue weighted by atomic mass is 16.6. The number of unbranched alkanes of at least 4 members (excludes halogenated alkanes) is 32. The molecule has 0 amide bonds. The summed E-state index contributed by atoms with van der Waals surface area (Å²) >= 11 is 0. The number of esters is 2. The Labute approximate surface area is 374 Å². The topological polar surface area (TPSA) is 61.8 Å². The molecule has 1 unspecified atom stereocenters. The number of carbonyl (C=O) groups excluding carboxylic acids is 2. The summed E-state index contributed by atoms with van der Waals surface area (Å²) in [4.78, 5) is 25.4. The molecule has 0 N–H and O–H groups in total. The van der Waals surface area contributed by atoms with Gasteiger partial charge in [-0.2, -0.15) is 0 Å². The van der Waals surface area contributed by atoms with Crippen LogP contribution >= 0.6 is 0 Å². The molecular weight excluding hydrogens is 741 g/mol. The molecule has 1 atom stereocenters. The van der Waals surface area contributed by atoms with Crippen LogP contribution < -0.4 is 0 Å². The number of carbonyl (C=O) groups is 2. The summed E-state index contributed by atoms with van der Waals surface area (Å²) in [6.07, 6.45) is 61.5. The molecule has 0 heterocycles. The van der Waals surface area contributed by atoms with Gasteiger partial charge in [0.2, 0.25) is 0 Å². The zero-order chi connectivity index (χ0) is 43.5. The van der Waals surface area contributed by atoms with Crippen molar-refractivity contribution in [1.82, 2.24) is 0 Å². The quantitative estimate of drug-likeness (QED) is 0.0347. The minimum atomic E-state index is -0.541. The van der Waals surface area contributed by atoms with Gasteiger partial charge in [0.15, 0.2) is 6.10 Å². The molecular formula is C55H102O5. The van der Waals surface area contributed by atoms with E-state index in [-0.39, 0.29) is 25.2 Å². The van der Waals surface area contributed by atoms with Crippen LogP contribution in [0.1, 0.15) is 278 Å². The number of ether oxygens (including phenoxy) is 3. The Morgan fingerprint density at radius 2 is 0.750 bits per heavy atom. The maximum atomic E-state index is 12.8. The first-order valence-electron chi connectivity index (χ1n) is 26.5. The second kappa shape index (κ2) is 51.5. The van der Waals surface area contributed by atoms with Gasteiger partial charge >= 0.3 is 11.9 Å². The maximum Gasteiger partial charge on any atom is 0.306 e. The monoisotopic (exact) mass is 843 g/mol. The minimum absolute atomic E-state index is 0.0825. The van der Waals surface area contributed by atoms with Crippen LogP contribution in [0.4, 0.5) is 0 Å². The van der Waals surface area contributed by atoms with Crippen molar-refractivity contribution in [3.8, 4) is 0 Å². The number of rotatable bonds is 49. The number of hydrogen-bond donors (Lipinski definition) is 0. The lowest BCUT2D eigenvalue weighted by atomic mass is 10.0. The molecule has 0 rings (SSSR count). The summed E-state index contributed by atoms with van der Waals surface area (Å²) in [7, 11) is 0. The van der Waals surface area contributed by atoms with E-state index in [0.29, 0.717) is 19.4 Å². The largest absolute Gasteiger partial charge is 0.462 e. The maximum absolute atomic E-state index is 12.8. The van der Waals surface area contributed by atoms with E-state index in [4.69, 9.17) is 14.2 Å². The summed E-state index contributed by atoms with van der Waals surface area (Å²) in [5.41, 5.74) is 0. The van der Waals surface area contributed by atoms with Crippen LogP contribution in [0.25, 0.3) is 0 Å². The van der Waals surface area contributed by atoms with Crippen molar-refractivity contribution < 1.29 is 23.8 Å². The molecule has 0 bridgehead atoms. The third-order valence-corrected chi connectivity index (χ3v) is 11.7. The third kappa shape index (κ3) is 48.8. The molecule has 0 radical (unpaired) electrons. The van der Waals surface area contributed by atoms with Crippen molar-refractivity contribution in [2.45, 2.75) is 284 Å². The Morgan fingerprint density at radius 1 is 0.383 bits per heavy atom. The highest BCUT2D eigenvalue weighted by molar-refractivity contribution is 5.70. The normalized spacial score (nSPS) is 12.4. The predicted octanol–water partition coefficient (Wildman–Crippen LogP) is 17.8. The van der Waals surface area contributed by atoms with Crippen LogP contribution in [0.3, 0.4) is 0 Å². The van der Waals surface area contributed by atoms with E-state index in [1.165, 1.54) is 180 Å². The molecule has 0 aliphatic heterocycles. The lowest BCUT2D eigenvalue weighted by molar-refractivity contribution is -0.163. The van der Waals surface area contributed by atoms with Crippen molar-refractivity contribution in [3.63, 3.8) is 0 Å². The van der Waals surface area contributed by atoms with E-state index < -0.39 is 6.10 Å². The zero-order valence-corrected chi connectivity index (χ0v) is 40.5. The minimum Gasteiger partial charge on any atom is -0.462 e. The Morgan fingerprint density at radius 3 is 1.20 bits per heavy atom. The molecule has 5 nitrogen and oxygen atoms in total. The van der Waals surface area contributed by atoms with Gasteiger partial charge < -0.3 is 14.2 Å². The smallest absolute Gasteiger partial charge is 0.306 e. The van der Waals surface area contributed by atoms with Crippen molar-refractivity contribution in [2.75, 3.05) is 19.8 Å². The van der Waals surface area contributed by atoms with Gasteiger partial charge in [0.05, 0.1) is 6.61 Å². The van der Waals surface area contributed by atoms with Crippen LogP contribution in [0.5, 0.6) is 0 Å². The second-order valence-corrected chi connectivity index (χ2v) is 17.8. The Hall–Kier alpha value is -1.88. The van der Waals surface area contributed by atoms with E-state index in [9.17, 15) is 9.59 Å². The number of hydrogen-bond acceptors (Lipinski definition) is 5. The summed E-state index contributed by atoms with van der Waals surface area (Å²) in [5, 5.41) is 0. The summed E-state index contributed by atoms with van der Waals surface area (Å²) in [5.74, 6) is -0.393. The molecule has 60 heavy (non-hydrogen) atoms. The predicted molar refractivity (Wildman–Crippen MR) is 261 cm³/mol. The Kier molecular flexibility index (Phi) is 49.9. The van der Waals surface area contributed by atoms with Gasteiger partial charge in [0.1, 0.15) is 6.61 Å². The van der Waals surface area contributed by atoms with Gasteiger partial charge in [-0.3, -0.25) is 9.59 Å². The lowest BCUT2D eigenvalue weighted by Crippen LogP contribution is -2.30. The van der Waals surface area contributed by atoms with Gasteiger partial charge in [-0.05, 0) is 51.4 Å². The first-order valence-corrected chi connectivity index (χ1v) is 26.5. The van der Waals surface area contributed by atoms with E-state index in [1.807, 2.05) is 0 Å². The van der Waals surface area contributed by atoms with E-state index in [0.717, 1.165) is 64.2 Å². The molecule has 0 aromatic heterocycles. The van der Waals surface area contributed by atoms with Gasteiger partial charge in [-0.15, -0.1) is 0 Å². The van der Waals surface area contributed by atoms with Gasteiger partial charge in [0, 0.05) is 19.4 Å². The van der Waals surface area contributed by atoms with Crippen molar-refractivity contribution >= 4 is 11.9 Å². The Balaban J connectivity index is 4.25. The van der Waals surface area contributed by atoms with E-state index in [2.05, 4.69) is 57.2 Å². The molecule has 0 saturated carbocycles. The van der Waals surface area contributed by atoms with Crippen LogP contribution in [-0.4, -0.2) is 37.9 Å². The first-order chi connectivity index (χ1) is 29.6. The molecule has 0 fully saturated rings. The third-order valence-electron chi connectivity index (χ3n) is 11.7. The molecule has 352 valence electrons. The Bertz CT molecular complexity index is 955. The molecule has 0 aromatic rings. The number of allylic oxidation sites excluding steroid dienone is 6. The van der Waals surface area contributed by atoms with Crippen LogP contribution in [0, 0.1) is 0 Å². The van der Waals surface area contributed by atoms with Crippen LogP contribution in [0.2, 0.25) is 0 Å². The lowest BCUT2D eigenvalue weighted by Gasteiger charge is -2.18. The van der Waals surface area contributed by atoms with Crippen molar-refractivity contribution in [2.24, 2.45) is 0 Å². The average Bonchev–Trinajstić information content (AvgIpc) is 3.25. The van der Waals surface area contributed by atoms with E-state index >= 15 is 0 Å². The van der Waals surface area contributed by atoms with Gasteiger partial charge in [0.25, 0.3) is 0 Å². The van der Waals surface area contributed by atoms with E-state index in [1.54, 1.807) is 0 Å². The molecule has 0 aliphatic carbocycles. The van der Waals surface area contributed by atoms with Crippen LogP contribution in [0.15, 0.2) is 36.5 Å². The molecule has 0 spiro atoms. The van der Waals surface area contributed by atoms with Gasteiger partial charge in [-0.1, -0.05) is 250 Å². The molecule has 5 heteroatoms. The van der Waals surface area contributed by atoms with Gasteiger partial charge in [-0.25, -0.2) is 0 Å². The molecule has 0 aromatic carbocycles. The second-order valence-electron chi connectivity index (χ2n) is 17.8. The highest BCUT2D eigenvalue weighted by Gasteiger charge is 2.17. The summed E-state index contributed by atoms with van der Waals surface area (Å²) < 4.78 is 17.4. The van der Waals surface area contributed by atoms with Crippen molar-refractivity contribution in [3.05, 3.63) is 36.5 Å². The fourth-order valence-corrected chi connectivity index (χ4v) is 7.76. The van der Waals surface area contributed by atoms with Crippen molar-refractivity contribution in [1.29, 1.82) is 0 Å². The first kappa shape index (κ1) is 58.1. The SMILES string of the molecule is CC/C=C\C/C=C\C/C=C\CCCCCCOCC(COC(=O)CCCCCCCCCCCCCCCCC)OC(=O)CCCCCCCCCCCCCCCCC. The standard InChI is InChI=1S/C55H102O5/c1-4-7-10-13-16-19-22-25-28-30-33-36-39-42-45-48-54(56)59-52-53(51-58-50-47-44-41-38-35-32-27-24-21-18-15-12-9-6-3)60-55(57)49-46-43-40-37-34-31-29-26-23-20-17-14-11-8-5-2/h9,12,18,21,27,32,53H,4-8,10-11,13-17,19-20,22-26,28-31,33-52H2,1-3H3/b12-9-,21-18-,32-27-. The fraction of sp³-hybridized carbons (Fsp3) is 0.855. The average molecular weight is 843 g/mol. The zero-order valence-electron chi connectivity index (χ0n) is 40.5. The highest BCUT2D eigenvalue weighted by Crippen LogP contribution is 2.16. The summed E-state index contributed by atoms with van der Waals surface area (Å²) in [6, 6.07) is 0. The fourth-order valence-electron chi connectivity index (χ4n) is 7.76. The van der Waals surface area contributed by atoms with Crippen LogP contribution in [-0.2, 0) is 23.8 Å². The summed E-state index contributed by atoms with van der Waals surface area (Å²) in [6.45, 7) is 7.72.